The fraction of sp³-hybridized carbons (Fsp3) is 0.235. The number of hydrogen-bond donors (Lipinski definition) is 2. The lowest BCUT2D eigenvalue weighted by Crippen LogP contribution is -2.33. The molecular weight excluding hydrogens is 309 g/mol. The quantitative estimate of drug-likeness (QED) is 0.760. The zero-order valence-electron chi connectivity index (χ0n) is 13.3. The molecular formula is C17H16FN5O. The minimum Gasteiger partial charge on any atom is -0.364 e. The number of imidazole rings is 1. The minimum absolute atomic E-state index is 0.115. The van der Waals surface area contributed by atoms with Crippen molar-refractivity contribution in [1.82, 2.24) is 19.5 Å². The maximum Gasteiger partial charge on any atom is 0.259 e. The van der Waals surface area contributed by atoms with Crippen molar-refractivity contribution in [2.24, 2.45) is 0 Å². The third kappa shape index (κ3) is 2.20. The Kier molecular flexibility index (Phi) is 3.06. The van der Waals surface area contributed by atoms with Gasteiger partial charge in [0.25, 0.3) is 5.91 Å². The van der Waals surface area contributed by atoms with E-state index in [4.69, 9.17) is 0 Å². The molecule has 3 aromatic rings. The van der Waals surface area contributed by atoms with Crippen LogP contribution in [0, 0.1) is 5.82 Å². The second kappa shape index (κ2) is 5.02. The second-order valence-corrected chi connectivity index (χ2v) is 6.48. The zero-order valence-corrected chi connectivity index (χ0v) is 13.3. The molecule has 7 heteroatoms. The molecule has 2 N–H and O–H groups in total. The third-order valence-corrected chi connectivity index (χ3v) is 4.30. The first-order valence-corrected chi connectivity index (χ1v) is 7.63. The molecule has 0 aliphatic carbocycles. The molecule has 1 amide bonds. The van der Waals surface area contributed by atoms with E-state index in [0.29, 0.717) is 11.4 Å². The van der Waals surface area contributed by atoms with Gasteiger partial charge in [-0.1, -0.05) is 0 Å². The van der Waals surface area contributed by atoms with E-state index in [1.165, 1.54) is 12.1 Å². The van der Waals surface area contributed by atoms with Gasteiger partial charge in [-0.25, -0.2) is 14.4 Å². The molecule has 1 aliphatic heterocycles. The van der Waals surface area contributed by atoms with Crippen molar-refractivity contribution in [3.8, 4) is 11.4 Å². The monoisotopic (exact) mass is 325 g/mol. The van der Waals surface area contributed by atoms with Crippen LogP contribution in [0.1, 0.15) is 29.9 Å². The largest absolute Gasteiger partial charge is 0.364 e. The summed E-state index contributed by atoms with van der Waals surface area (Å²) >= 11 is 0. The Morgan fingerprint density at radius 3 is 2.96 bits per heavy atom. The van der Waals surface area contributed by atoms with E-state index in [2.05, 4.69) is 38.7 Å². The number of nitrogens with zero attached hydrogens (tertiary/aromatic N) is 3. The Labute approximate surface area is 137 Å². The minimum atomic E-state index is -0.448. The number of amides is 1. The number of H-pyrrole nitrogens is 1. The van der Waals surface area contributed by atoms with E-state index in [0.717, 1.165) is 29.7 Å². The molecule has 3 aromatic heterocycles. The second-order valence-electron chi connectivity index (χ2n) is 6.48. The predicted molar refractivity (Wildman–Crippen MR) is 87.2 cm³/mol. The number of nitrogens with one attached hydrogen (secondary N) is 2. The van der Waals surface area contributed by atoms with Crippen LogP contribution >= 0.6 is 0 Å². The number of pyridine rings is 1. The summed E-state index contributed by atoms with van der Waals surface area (Å²) in [5, 5.41) is 2.69. The van der Waals surface area contributed by atoms with Crippen molar-refractivity contribution in [1.29, 1.82) is 0 Å². The number of carbonyl (C=O) groups is 1. The van der Waals surface area contributed by atoms with Crippen LogP contribution in [-0.2, 0) is 12.0 Å². The van der Waals surface area contributed by atoms with Gasteiger partial charge in [-0.3, -0.25) is 4.79 Å². The molecule has 0 saturated carbocycles. The summed E-state index contributed by atoms with van der Waals surface area (Å²) in [6.07, 6.45) is 7.19. The van der Waals surface area contributed by atoms with Gasteiger partial charge >= 0.3 is 0 Å². The molecule has 0 saturated heterocycles. The maximum atomic E-state index is 12.9. The molecule has 122 valence electrons. The Bertz CT molecular complexity index is 923. The van der Waals surface area contributed by atoms with Crippen LogP contribution in [0.5, 0.6) is 0 Å². The van der Waals surface area contributed by atoms with E-state index in [-0.39, 0.29) is 11.4 Å². The van der Waals surface area contributed by atoms with Crippen molar-refractivity contribution in [3.63, 3.8) is 0 Å². The number of rotatable bonds is 2. The molecule has 0 fully saturated rings. The van der Waals surface area contributed by atoms with Crippen LogP contribution in [-0.4, -0.2) is 25.4 Å². The van der Waals surface area contributed by atoms with Gasteiger partial charge in [-0.05, 0) is 26.0 Å². The molecule has 0 radical (unpaired) electrons. The molecule has 0 bridgehead atoms. The number of aromatic nitrogens is 4. The van der Waals surface area contributed by atoms with E-state index in [9.17, 15) is 9.18 Å². The Morgan fingerprint density at radius 2 is 2.21 bits per heavy atom. The van der Waals surface area contributed by atoms with Crippen molar-refractivity contribution < 1.29 is 9.18 Å². The van der Waals surface area contributed by atoms with Gasteiger partial charge in [0, 0.05) is 36.2 Å². The Balaban J connectivity index is 1.72. The van der Waals surface area contributed by atoms with E-state index in [1.54, 1.807) is 12.4 Å². The van der Waals surface area contributed by atoms with Crippen molar-refractivity contribution in [3.05, 3.63) is 54.0 Å². The molecule has 4 heterocycles. The topological polar surface area (TPSA) is 75.6 Å². The third-order valence-electron chi connectivity index (χ3n) is 4.30. The average molecular weight is 325 g/mol. The first kappa shape index (κ1) is 14.6. The van der Waals surface area contributed by atoms with Crippen LogP contribution in [0.4, 0.5) is 10.2 Å². The van der Waals surface area contributed by atoms with Crippen LogP contribution in [0.15, 0.2) is 36.9 Å². The van der Waals surface area contributed by atoms with Crippen molar-refractivity contribution >= 4 is 11.7 Å². The molecule has 1 aliphatic rings. The van der Waals surface area contributed by atoms with Gasteiger partial charge in [0.15, 0.2) is 0 Å². The lowest BCUT2D eigenvalue weighted by Gasteiger charge is -2.32. The average Bonchev–Trinajstić information content (AvgIpc) is 3.15. The molecule has 0 spiro atoms. The predicted octanol–water partition coefficient (Wildman–Crippen LogP) is 2.96. The van der Waals surface area contributed by atoms with Gasteiger partial charge in [-0.15, -0.1) is 0 Å². The lowest BCUT2D eigenvalue weighted by atomic mass is 9.90. The summed E-state index contributed by atoms with van der Waals surface area (Å²) in [4.78, 5) is 24.1. The van der Waals surface area contributed by atoms with Crippen molar-refractivity contribution in [2.75, 3.05) is 5.32 Å². The van der Waals surface area contributed by atoms with Gasteiger partial charge in [0.05, 0.1) is 17.3 Å². The number of halogens is 1. The van der Waals surface area contributed by atoms with Crippen molar-refractivity contribution in [2.45, 2.75) is 25.8 Å². The molecule has 4 rings (SSSR count). The lowest BCUT2D eigenvalue weighted by molar-refractivity contribution is 0.102. The summed E-state index contributed by atoms with van der Waals surface area (Å²) in [7, 11) is 0. The van der Waals surface area contributed by atoms with Gasteiger partial charge < -0.3 is 14.9 Å². The normalized spacial score (nSPS) is 14.8. The summed E-state index contributed by atoms with van der Waals surface area (Å²) < 4.78 is 15.0. The highest BCUT2D eigenvalue weighted by Gasteiger charge is 2.34. The summed E-state index contributed by atoms with van der Waals surface area (Å²) in [5.41, 5.74) is 2.17. The van der Waals surface area contributed by atoms with Crippen LogP contribution < -0.4 is 5.32 Å². The van der Waals surface area contributed by atoms with Crippen LogP contribution in [0.25, 0.3) is 11.4 Å². The molecule has 0 atom stereocenters. The SMILES string of the molecule is CC1(C)Cc2[nH]cc(C(=O)Nc3ccc(F)cn3)c2-c2nccn21. The first-order valence-electron chi connectivity index (χ1n) is 7.63. The summed E-state index contributed by atoms with van der Waals surface area (Å²) in [6.45, 7) is 4.26. The fourth-order valence-corrected chi connectivity index (χ4v) is 3.17. The summed E-state index contributed by atoms with van der Waals surface area (Å²) in [6, 6.07) is 2.68. The highest BCUT2D eigenvalue weighted by molar-refractivity contribution is 6.08. The van der Waals surface area contributed by atoms with Gasteiger partial charge in [0.2, 0.25) is 0 Å². The smallest absolute Gasteiger partial charge is 0.259 e. The molecule has 6 nitrogen and oxygen atoms in total. The highest BCUT2D eigenvalue weighted by atomic mass is 19.1. The number of hydrogen-bond acceptors (Lipinski definition) is 3. The maximum absolute atomic E-state index is 12.9. The standard InChI is InChI=1S/C17H16FN5O/c1-17(2)7-12-14(15-19-5-6-23(15)17)11(9-20-12)16(24)22-13-4-3-10(18)8-21-13/h3-6,8-9,20H,7H2,1-2H3,(H,21,22,24). The number of carbonyl (C=O) groups excluding carboxylic acids is 1. The molecule has 0 aromatic carbocycles. The van der Waals surface area contributed by atoms with Crippen LogP contribution in [0.3, 0.4) is 0 Å². The Hall–Kier alpha value is -2.96. The van der Waals surface area contributed by atoms with Crippen LogP contribution in [0.2, 0.25) is 0 Å². The fourth-order valence-electron chi connectivity index (χ4n) is 3.17. The zero-order chi connectivity index (χ0) is 16.9. The van der Waals surface area contributed by atoms with E-state index in [1.807, 2.05) is 6.20 Å². The first-order chi connectivity index (χ1) is 11.5. The van der Waals surface area contributed by atoms with Gasteiger partial charge in [0.1, 0.15) is 17.5 Å². The summed E-state index contributed by atoms with van der Waals surface area (Å²) in [5.74, 6) is 0.313. The molecule has 0 unspecified atom stereocenters. The number of anilines is 1. The van der Waals surface area contributed by atoms with Gasteiger partial charge in [-0.2, -0.15) is 0 Å². The van der Waals surface area contributed by atoms with E-state index >= 15 is 0 Å². The molecule has 24 heavy (non-hydrogen) atoms. The number of aromatic amines is 1. The van der Waals surface area contributed by atoms with E-state index < -0.39 is 5.82 Å². The Morgan fingerprint density at radius 1 is 1.38 bits per heavy atom. The highest BCUT2D eigenvalue weighted by Crippen LogP contribution is 2.38. The number of fused-ring (bicyclic) bond motifs is 3.